The lowest BCUT2D eigenvalue weighted by Gasteiger charge is -2.12. The Morgan fingerprint density at radius 3 is 2.88 bits per heavy atom. The van der Waals surface area contributed by atoms with Gasteiger partial charge in [-0.2, -0.15) is 0 Å². The van der Waals surface area contributed by atoms with Crippen molar-refractivity contribution in [3.63, 3.8) is 0 Å². The Kier molecular flexibility index (Phi) is 3.08. The van der Waals surface area contributed by atoms with Crippen LogP contribution in [0.1, 0.15) is 0 Å². The summed E-state index contributed by atoms with van der Waals surface area (Å²) in [5.41, 5.74) is 0.396. The van der Waals surface area contributed by atoms with Gasteiger partial charge in [0.2, 0.25) is 0 Å². The smallest absolute Gasteiger partial charge is 0.415 e. The second-order valence-corrected chi connectivity index (χ2v) is 4.43. The minimum atomic E-state index is -0.769. The van der Waals surface area contributed by atoms with Gasteiger partial charge in [0.25, 0.3) is 0 Å². The lowest BCUT2D eigenvalue weighted by atomic mass is 10.3. The van der Waals surface area contributed by atoms with Crippen LogP contribution in [0.2, 0.25) is 0 Å². The summed E-state index contributed by atoms with van der Waals surface area (Å²) in [5.74, 6) is -0.402. The highest BCUT2D eigenvalue weighted by molar-refractivity contribution is 14.1. The zero-order valence-corrected chi connectivity index (χ0v) is 10.2. The molecule has 4 nitrogen and oxygen atoms in total. The molecular weight excluding hydrogens is 328 g/mol. The Morgan fingerprint density at radius 2 is 2.31 bits per heavy atom. The topological polar surface area (TPSA) is 46.6 Å². The monoisotopic (exact) mass is 335 g/mol. The molecule has 1 atom stereocenters. The van der Waals surface area contributed by atoms with Crippen LogP contribution in [-0.4, -0.2) is 25.0 Å². The van der Waals surface area contributed by atoms with Crippen LogP contribution in [-0.2, 0) is 9.53 Å². The van der Waals surface area contributed by atoms with E-state index < -0.39 is 18.0 Å². The summed E-state index contributed by atoms with van der Waals surface area (Å²) < 4.78 is 18.5. The van der Waals surface area contributed by atoms with Crippen LogP contribution in [0.4, 0.5) is 14.9 Å². The first-order valence-corrected chi connectivity index (χ1v) is 5.58. The molecule has 2 rings (SSSR count). The molecule has 0 bridgehead atoms. The van der Waals surface area contributed by atoms with Gasteiger partial charge in [-0.05, 0) is 40.8 Å². The van der Waals surface area contributed by atoms with Gasteiger partial charge in [-0.25, -0.2) is 9.18 Å². The molecule has 0 aromatic heterocycles. The highest BCUT2D eigenvalue weighted by Gasteiger charge is 2.32. The van der Waals surface area contributed by atoms with Gasteiger partial charge in [-0.3, -0.25) is 9.69 Å². The number of anilines is 1. The number of nitrogens with zero attached hydrogens (tertiary/aromatic N) is 1. The van der Waals surface area contributed by atoms with E-state index in [1.807, 2.05) is 22.6 Å². The Bertz CT molecular complexity index is 452. The van der Waals surface area contributed by atoms with Gasteiger partial charge in [-0.1, -0.05) is 0 Å². The van der Waals surface area contributed by atoms with Crippen molar-refractivity contribution in [1.29, 1.82) is 0 Å². The maximum atomic E-state index is 13.3. The summed E-state index contributed by atoms with van der Waals surface area (Å²) in [7, 11) is 0. The maximum Gasteiger partial charge on any atom is 0.415 e. The van der Waals surface area contributed by atoms with Crippen molar-refractivity contribution in [3.8, 4) is 0 Å². The molecule has 1 aliphatic heterocycles. The number of rotatable bonds is 2. The van der Waals surface area contributed by atoms with Crippen molar-refractivity contribution < 1.29 is 18.7 Å². The molecule has 1 aliphatic rings. The molecule has 0 N–H and O–H groups in total. The molecule has 0 aliphatic carbocycles. The molecule has 84 valence electrons. The summed E-state index contributed by atoms with van der Waals surface area (Å²) in [4.78, 5) is 23.1. The third-order valence-electron chi connectivity index (χ3n) is 2.20. The average molecular weight is 335 g/mol. The fourth-order valence-corrected chi connectivity index (χ4v) is 1.75. The third kappa shape index (κ3) is 2.01. The number of halogens is 2. The van der Waals surface area contributed by atoms with Crippen LogP contribution in [0.25, 0.3) is 0 Å². The van der Waals surface area contributed by atoms with Crippen molar-refractivity contribution >= 4 is 40.7 Å². The summed E-state index contributed by atoms with van der Waals surface area (Å²) in [6.45, 7) is 0.127. The van der Waals surface area contributed by atoms with E-state index in [0.717, 1.165) is 0 Å². The molecular formula is C10H7FINO3. The van der Waals surface area contributed by atoms with Crippen molar-refractivity contribution in [2.75, 3.05) is 11.4 Å². The first-order valence-electron chi connectivity index (χ1n) is 4.50. The van der Waals surface area contributed by atoms with E-state index in [4.69, 9.17) is 4.74 Å². The molecule has 0 unspecified atom stereocenters. The Labute approximate surface area is 105 Å². The molecule has 1 aromatic carbocycles. The standard InChI is InChI=1S/C10H7FINO3/c11-8-3-6(1-2-9(8)12)13-4-7(5-14)16-10(13)15/h1-3,5,7H,4H2/t7-/m1/s1. The number of amides is 1. The molecule has 0 radical (unpaired) electrons. The van der Waals surface area contributed by atoms with Crippen molar-refractivity contribution in [3.05, 3.63) is 27.6 Å². The van der Waals surface area contributed by atoms with Crippen LogP contribution >= 0.6 is 22.6 Å². The zero-order chi connectivity index (χ0) is 11.7. The van der Waals surface area contributed by atoms with E-state index in [2.05, 4.69) is 0 Å². The minimum Gasteiger partial charge on any atom is -0.436 e. The largest absolute Gasteiger partial charge is 0.436 e. The molecule has 6 heteroatoms. The normalized spacial score (nSPS) is 19.8. The van der Waals surface area contributed by atoms with E-state index in [1.54, 1.807) is 12.1 Å². The highest BCUT2D eigenvalue weighted by atomic mass is 127. The fourth-order valence-electron chi connectivity index (χ4n) is 1.42. The second kappa shape index (κ2) is 4.36. The van der Waals surface area contributed by atoms with Crippen LogP contribution in [0.3, 0.4) is 0 Å². The lowest BCUT2D eigenvalue weighted by Crippen LogP contribution is -2.24. The van der Waals surface area contributed by atoms with Crippen LogP contribution in [0, 0.1) is 9.39 Å². The predicted molar refractivity (Wildman–Crippen MR) is 62.8 cm³/mol. The van der Waals surface area contributed by atoms with E-state index in [-0.39, 0.29) is 6.54 Å². The zero-order valence-electron chi connectivity index (χ0n) is 8.02. The van der Waals surface area contributed by atoms with Gasteiger partial charge in [0.1, 0.15) is 5.82 Å². The third-order valence-corrected chi connectivity index (χ3v) is 3.08. The Morgan fingerprint density at radius 1 is 1.56 bits per heavy atom. The Balaban J connectivity index is 2.27. The van der Waals surface area contributed by atoms with Gasteiger partial charge in [0, 0.05) is 3.57 Å². The van der Waals surface area contributed by atoms with E-state index in [0.29, 0.717) is 15.5 Å². The van der Waals surface area contributed by atoms with Crippen molar-refractivity contribution in [2.24, 2.45) is 0 Å². The highest BCUT2D eigenvalue weighted by Crippen LogP contribution is 2.23. The molecule has 1 fully saturated rings. The number of hydrogen-bond acceptors (Lipinski definition) is 3. The molecule has 1 aromatic rings. The second-order valence-electron chi connectivity index (χ2n) is 3.27. The van der Waals surface area contributed by atoms with Gasteiger partial charge < -0.3 is 4.74 Å². The van der Waals surface area contributed by atoms with Gasteiger partial charge in [0.15, 0.2) is 12.4 Å². The quantitative estimate of drug-likeness (QED) is 0.613. The maximum absolute atomic E-state index is 13.3. The number of carbonyl (C=O) groups is 2. The number of hydrogen-bond donors (Lipinski definition) is 0. The number of benzene rings is 1. The fraction of sp³-hybridized carbons (Fsp3) is 0.200. The number of cyclic esters (lactones) is 1. The minimum absolute atomic E-state index is 0.127. The number of aldehydes is 1. The van der Waals surface area contributed by atoms with Gasteiger partial charge >= 0.3 is 6.09 Å². The van der Waals surface area contributed by atoms with Crippen LogP contribution in [0.5, 0.6) is 0 Å². The molecule has 1 amide bonds. The number of ether oxygens (including phenoxy) is 1. The molecule has 1 saturated heterocycles. The van der Waals surface area contributed by atoms with Crippen LogP contribution < -0.4 is 4.90 Å². The average Bonchev–Trinajstić information content (AvgIpc) is 2.64. The van der Waals surface area contributed by atoms with E-state index in [9.17, 15) is 14.0 Å². The van der Waals surface area contributed by atoms with E-state index in [1.165, 1.54) is 11.0 Å². The molecule has 16 heavy (non-hydrogen) atoms. The van der Waals surface area contributed by atoms with Crippen molar-refractivity contribution in [1.82, 2.24) is 0 Å². The molecule has 0 spiro atoms. The first kappa shape index (κ1) is 11.3. The predicted octanol–water partition coefficient (Wildman–Crippen LogP) is 1.95. The van der Waals surface area contributed by atoms with Gasteiger partial charge in [0.05, 0.1) is 12.2 Å². The Hall–Kier alpha value is -1.18. The van der Waals surface area contributed by atoms with Crippen molar-refractivity contribution in [2.45, 2.75) is 6.10 Å². The SMILES string of the molecule is O=C[C@H]1CN(c2ccc(I)c(F)c2)C(=O)O1. The summed E-state index contributed by atoms with van der Waals surface area (Å²) in [6, 6.07) is 4.42. The molecule has 1 heterocycles. The van der Waals surface area contributed by atoms with E-state index >= 15 is 0 Å². The lowest BCUT2D eigenvalue weighted by molar-refractivity contribution is -0.113. The van der Waals surface area contributed by atoms with Gasteiger partial charge in [-0.15, -0.1) is 0 Å². The summed E-state index contributed by atoms with van der Waals surface area (Å²) in [6.07, 6.45) is -0.839. The first-order chi connectivity index (χ1) is 7.61. The number of carbonyl (C=O) groups excluding carboxylic acids is 2. The van der Waals surface area contributed by atoms with Crippen LogP contribution in [0.15, 0.2) is 18.2 Å². The summed E-state index contributed by atoms with van der Waals surface area (Å²) >= 11 is 1.86. The molecule has 0 saturated carbocycles. The summed E-state index contributed by atoms with van der Waals surface area (Å²) in [5, 5.41) is 0.